The Bertz CT molecular complexity index is 780. The number of ether oxygens (including phenoxy) is 2. The van der Waals surface area contributed by atoms with Gasteiger partial charge in [-0.3, -0.25) is 0 Å². The van der Waals surface area contributed by atoms with Crippen LogP contribution >= 0.6 is 0 Å². The molecule has 0 unspecified atom stereocenters. The van der Waals surface area contributed by atoms with Crippen LogP contribution in [0.4, 0.5) is 13.2 Å². The van der Waals surface area contributed by atoms with Crippen molar-refractivity contribution in [3.05, 3.63) is 35.5 Å². The van der Waals surface area contributed by atoms with Gasteiger partial charge < -0.3 is 14.0 Å². The van der Waals surface area contributed by atoms with Crippen molar-refractivity contribution in [2.75, 3.05) is 13.2 Å². The number of fused-ring (bicyclic) bond motifs is 1. The van der Waals surface area contributed by atoms with E-state index in [0.29, 0.717) is 24.7 Å². The van der Waals surface area contributed by atoms with Crippen LogP contribution < -0.4 is 0 Å². The summed E-state index contributed by atoms with van der Waals surface area (Å²) in [5.74, 6) is 0.0365. The van der Waals surface area contributed by atoms with E-state index in [1.54, 1.807) is 12.1 Å². The maximum absolute atomic E-state index is 13.0. The molecule has 2 fully saturated rings. The van der Waals surface area contributed by atoms with Crippen molar-refractivity contribution in [3.8, 4) is 0 Å². The summed E-state index contributed by atoms with van der Waals surface area (Å²) in [6.07, 6.45) is 0.587. The Labute approximate surface area is 151 Å². The summed E-state index contributed by atoms with van der Waals surface area (Å²) in [5, 5.41) is 0.918. The number of rotatable bonds is 3. The molecule has 0 N–H and O–H groups in total. The van der Waals surface area contributed by atoms with Crippen molar-refractivity contribution in [2.45, 2.75) is 57.5 Å². The number of halogens is 3. The van der Waals surface area contributed by atoms with Gasteiger partial charge in [0, 0.05) is 31.0 Å². The van der Waals surface area contributed by atoms with Crippen LogP contribution in [0.15, 0.2) is 24.4 Å². The monoisotopic (exact) mass is 367 g/mol. The molecule has 1 saturated carbocycles. The fourth-order valence-electron chi connectivity index (χ4n) is 4.48. The highest BCUT2D eigenvalue weighted by Gasteiger charge is 2.40. The minimum Gasteiger partial charge on any atom is -0.348 e. The van der Waals surface area contributed by atoms with E-state index >= 15 is 0 Å². The van der Waals surface area contributed by atoms with Crippen LogP contribution in [-0.2, 0) is 22.4 Å². The van der Waals surface area contributed by atoms with Crippen LogP contribution in [0.1, 0.15) is 36.8 Å². The number of hydrogen-bond donors (Lipinski definition) is 0. The average Bonchev–Trinajstić information content (AvgIpc) is 3.15. The summed E-state index contributed by atoms with van der Waals surface area (Å²) in [6.45, 7) is 4.03. The lowest BCUT2D eigenvalue weighted by atomic mass is 9.85. The molecule has 1 aromatic carbocycles. The standard InChI is InChI=1S/C20H24F3NO2/c1-14-12-24(13-15-5-7-19(8-6-15)25-9-10-26-19)18-16(11-20(21,22)23)3-2-4-17(14)18/h2-4,12,15H,5-11,13H2,1H3. The number of para-hydroxylation sites is 1. The zero-order chi connectivity index (χ0) is 18.4. The molecule has 1 aliphatic heterocycles. The minimum absolute atomic E-state index is 0.359. The van der Waals surface area contributed by atoms with Gasteiger partial charge in [-0.25, -0.2) is 0 Å². The largest absolute Gasteiger partial charge is 0.393 e. The molecule has 1 aliphatic carbocycles. The molecule has 142 valence electrons. The lowest BCUT2D eigenvalue weighted by Crippen LogP contribution is -2.36. The third-order valence-electron chi connectivity index (χ3n) is 5.71. The summed E-state index contributed by atoms with van der Waals surface area (Å²) in [5.41, 5.74) is 2.12. The summed E-state index contributed by atoms with van der Waals surface area (Å²) < 4.78 is 52.6. The smallest absolute Gasteiger partial charge is 0.348 e. The molecule has 1 aromatic heterocycles. The van der Waals surface area contributed by atoms with Gasteiger partial charge >= 0.3 is 6.18 Å². The number of aryl methyl sites for hydroxylation is 1. The molecular formula is C20H24F3NO2. The van der Waals surface area contributed by atoms with Crippen LogP contribution in [0.25, 0.3) is 10.9 Å². The Balaban J connectivity index is 1.57. The zero-order valence-corrected chi connectivity index (χ0v) is 14.9. The number of nitrogens with zero attached hydrogens (tertiary/aromatic N) is 1. The topological polar surface area (TPSA) is 23.4 Å². The Morgan fingerprint density at radius 1 is 1.15 bits per heavy atom. The second kappa shape index (κ2) is 6.57. The predicted molar refractivity (Wildman–Crippen MR) is 93.0 cm³/mol. The summed E-state index contributed by atoms with van der Waals surface area (Å²) in [4.78, 5) is 0. The summed E-state index contributed by atoms with van der Waals surface area (Å²) >= 11 is 0. The number of aromatic nitrogens is 1. The van der Waals surface area contributed by atoms with Crippen LogP contribution in [0.2, 0.25) is 0 Å². The average molecular weight is 367 g/mol. The van der Waals surface area contributed by atoms with Gasteiger partial charge in [0.1, 0.15) is 0 Å². The Kier molecular flexibility index (Phi) is 4.51. The minimum atomic E-state index is -4.20. The third kappa shape index (κ3) is 3.49. The van der Waals surface area contributed by atoms with E-state index in [9.17, 15) is 13.2 Å². The van der Waals surface area contributed by atoms with Gasteiger partial charge in [-0.1, -0.05) is 18.2 Å². The van der Waals surface area contributed by atoms with Crippen molar-refractivity contribution in [1.82, 2.24) is 4.57 Å². The second-order valence-electron chi connectivity index (χ2n) is 7.62. The van der Waals surface area contributed by atoms with Crippen LogP contribution in [0.3, 0.4) is 0 Å². The van der Waals surface area contributed by atoms with E-state index in [-0.39, 0.29) is 0 Å². The molecule has 2 heterocycles. The van der Waals surface area contributed by atoms with Gasteiger partial charge in [-0.05, 0) is 36.8 Å². The van der Waals surface area contributed by atoms with Gasteiger partial charge in [-0.2, -0.15) is 13.2 Å². The van der Waals surface area contributed by atoms with Crippen LogP contribution in [0.5, 0.6) is 0 Å². The van der Waals surface area contributed by atoms with E-state index < -0.39 is 18.4 Å². The van der Waals surface area contributed by atoms with Gasteiger partial charge in [-0.15, -0.1) is 0 Å². The predicted octanol–water partition coefficient (Wildman–Crippen LogP) is 4.99. The molecule has 6 heteroatoms. The molecule has 2 aliphatic rings. The molecule has 0 amide bonds. The van der Waals surface area contributed by atoms with Gasteiger partial charge in [0.2, 0.25) is 0 Å². The van der Waals surface area contributed by atoms with Gasteiger partial charge in [0.15, 0.2) is 5.79 Å². The second-order valence-corrected chi connectivity index (χ2v) is 7.62. The molecule has 26 heavy (non-hydrogen) atoms. The lowest BCUT2D eigenvalue weighted by molar-refractivity contribution is -0.183. The fourth-order valence-corrected chi connectivity index (χ4v) is 4.48. The summed E-state index contributed by atoms with van der Waals surface area (Å²) in [7, 11) is 0. The first-order valence-electron chi connectivity index (χ1n) is 9.27. The third-order valence-corrected chi connectivity index (χ3v) is 5.71. The highest BCUT2D eigenvalue weighted by atomic mass is 19.4. The van der Waals surface area contributed by atoms with E-state index in [0.717, 1.165) is 48.7 Å². The Morgan fingerprint density at radius 2 is 1.85 bits per heavy atom. The Morgan fingerprint density at radius 3 is 2.50 bits per heavy atom. The maximum Gasteiger partial charge on any atom is 0.393 e. The van der Waals surface area contributed by atoms with Crippen molar-refractivity contribution >= 4 is 10.9 Å². The van der Waals surface area contributed by atoms with E-state index in [2.05, 4.69) is 0 Å². The molecule has 2 aromatic rings. The fraction of sp³-hybridized carbons (Fsp3) is 0.600. The first kappa shape index (κ1) is 17.9. The molecule has 1 saturated heterocycles. The van der Waals surface area contributed by atoms with Crippen LogP contribution in [0, 0.1) is 12.8 Å². The molecule has 3 nitrogen and oxygen atoms in total. The van der Waals surface area contributed by atoms with Crippen LogP contribution in [-0.4, -0.2) is 29.7 Å². The SMILES string of the molecule is Cc1cn(CC2CCC3(CC2)OCCO3)c2c(CC(F)(F)F)cccc12. The zero-order valence-electron chi connectivity index (χ0n) is 14.9. The normalized spacial score (nSPS) is 21.1. The molecule has 0 bridgehead atoms. The number of hydrogen-bond acceptors (Lipinski definition) is 2. The van der Waals surface area contributed by atoms with Crippen molar-refractivity contribution in [1.29, 1.82) is 0 Å². The molecule has 0 radical (unpaired) electrons. The van der Waals surface area contributed by atoms with Gasteiger partial charge in [0.05, 0.1) is 25.2 Å². The maximum atomic E-state index is 13.0. The van der Waals surface area contributed by atoms with E-state index in [1.807, 2.05) is 23.8 Å². The number of alkyl halides is 3. The molecular weight excluding hydrogens is 343 g/mol. The van der Waals surface area contributed by atoms with Crippen molar-refractivity contribution < 1.29 is 22.6 Å². The van der Waals surface area contributed by atoms with Crippen molar-refractivity contribution in [2.24, 2.45) is 5.92 Å². The highest BCUT2D eigenvalue weighted by molar-refractivity contribution is 5.86. The first-order valence-corrected chi connectivity index (χ1v) is 9.27. The first-order chi connectivity index (χ1) is 12.4. The van der Waals surface area contributed by atoms with Gasteiger partial charge in [0.25, 0.3) is 0 Å². The highest BCUT2D eigenvalue weighted by Crippen LogP contribution is 2.39. The van der Waals surface area contributed by atoms with Crippen molar-refractivity contribution in [3.63, 3.8) is 0 Å². The molecule has 1 spiro atoms. The lowest BCUT2D eigenvalue weighted by Gasteiger charge is -2.35. The number of benzene rings is 1. The quantitative estimate of drug-likeness (QED) is 0.763. The molecule has 4 rings (SSSR count). The Hall–Kier alpha value is -1.53. The van der Waals surface area contributed by atoms with E-state index in [4.69, 9.17) is 9.47 Å². The van der Waals surface area contributed by atoms with E-state index in [1.165, 1.54) is 0 Å². The summed E-state index contributed by atoms with van der Waals surface area (Å²) in [6, 6.07) is 5.23. The molecule has 0 atom stereocenters.